The fourth-order valence-corrected chi connectivity index (χ4v) is 1.59. The zero-order valence-corrected chi connectivity index (χ0v) is 8.73. The van der Waals surface area contributed by atoms with Gasteiger partial charge in [-0.05, 0) is 0 Å². The second kappa shape index (κ2) is 5.67. The molecule has 86 valence electrons. The number of aliphatic carboxylic acids is 1. The molecule has 0 saturated carbocycles. The Morgan fingerprint density at radius 1 is 1.60 bits per heavy atom. The van der Waals surface area contributed by atoms with E-state index in [1.165, 1.54) is 7.11 Å². The maximum absolute atomic E-state index is 10.9. The van der Waals surface area contributed by atoms with Crippen molar-refractivity contribution < 1.29 is 19.4 Å². The van der Waals surface area contributed by atoms with Gasteiger partial charge in [-0.3, -0.25) is 14.5 Å². The summed E-state index contributed by atoms with van der Waals surface area (Å²) in [6.07, 6.45) is 0.236. The monoisotopic (exact) mass is 216 g/mol. The number of ether oxygens (including phenoxy) is 1. The summed E-state index contributed by atoms with van der Waals surface area (Å²) >= 11 is 0. The number of nitrogens with zero attached hydrogens (tertiary/aromatic N) is 1. The number of piperazine rings is 1. The van der Waals surface area contributed by atoms with Crippen LogP contribution in [0.1, 0.15) is 6.42 Å². The van der Waals surface area contributed by atoms with Gasteiger partial charge in [-0.15, -0.1) is 0 Å². The van der Waals surface area contributed by atoms with Crippen molar-refractivity contribution >= 4 is 11.9 Å². The zero-order chi connectivity index (χ0) is 11.3. The van der Waals surface area contributed by atoms with Gasteiger partial charge in [0.15, 0.2) is 0 Å². The highest BCUT2D eigenvalue weighted by Gasteiger charge is 2.28. The lowest BCUT2D eigenvalue weighted by molar-refractivity contribution is -0.146. The van der Waals surface area contributed by atoms with E-state index in [1.54, 1.807) is 4.90 Å². The third-order valence-corrected chi connectivity index (χ3v) is 2.47. The zero-order valence-electron chi connectivity index (χ0n) is 8.73. The largest absolute Gasteiger partial charge is 0.480 e. The second-order valence-corrected chi connectivity index (χ2v) is 3.42. The van der Waals surface area contributed by atoms with Gasteiger partial charge in [0, 0.05) is 26.2 Å². The number of methoxy groups -OCH3 is 1. The molecule has 0 radical (unpaired) electrons. The minimum absolute atomic E-state index is 0.236. The van der Waals surface area contributed by atoms with Gasteiger partial charge in [0.05, 0.1) is 13.5 Å². The van der Waals surface area contributed by atoms with Crippen molar-refractivity contribution in [1.82, 2.24) is 10.2 Å². The van der Waals surface area contributed by atoms with Crippen molar-refractivity contribution in [3.05, 3.63) is 0 Å². The smallest absolute Gasteiger partial charge is 0.322 e. The van der Waals surface area contributed by atoms with E-state index in [0.29, 0.717) is 19.6 Å². The van der Waals surface area contributed by atoms with Crippen LogP contribution in [0, 0.1) is 0 Å². The van der Waals surface area contributed by atoms with Gasteiger partial charge in [0.25, 0.3) is 0 Å². The Balaban J connectivity index is 2.42. The van der Waals surface area contributed by atoms with Gasteiger partial charge in [-0.1, -0.05) is 0 Å². The molecule has 15 heavy (non-hydrogen) atoms. The highest BCUT2D eigenvalue weighted by Crippen LogP contribution is 2.04. The molecule has 0 spiro atoms. The lowest BCUT2D eigenvalue weighted by Crippen LogP contribution is -2.55. The average Bonchev–Trinajstić information content (AvgIpc) is 2.26. The standard InChI is InChI=1S/C9H16N2O4/c1-15-8(12)2-4-11-5-3-10-6-7(11)9(13)14/h7,10H,2-6H2,1H3,(H,13,14). The maximum Gasteiger partial charge on any atom is 0.322 e. The third kappa shape index (κ3) is 3.49. The number of rotatable bonds is 4. The Kier molecular flexibility index (Phi) is 4.51. The lowest BCUT2D eigenvalue weighted by atomic mass is 10.2. The Morgan fingerprint density at radius 2 is 2.33 bits per heavy atom. The molecule has 6 heteroatoms. The summed E-state index contributed by atoms with van der Waals surface area (Å²) in [4.78, 5) is 23.6. The first-order valence-electron chi connectivity index (χ1n) is 4.89. The van der Waals surface area contributed by atoms with E-state index < -0.39 is 12.0 Å². The summed E-state index contributed by atoms with van der Waals surface area (Å²) in [5.74, 6) is -1.16. The summed E-state index contributed by atoms with van der Waals surface area (Å²) in [6, 6.07) is -0.539. The summed E-state index contributed by atoms with van der Waals surface area (Å²) < 4.78 is 4.51. The average molecular weight is 216 g/mol. The number of carbonyl (C=O) groups excluding carboxylic acids is 1. The molecule has 0 amide bonds. The Bertz CT molecular complexity index is 244. The first-order valence-corrected chi connectivity index (χ1v) is 4.89. The van der Waals surface area contributed by atoms with E-state index >= 15 is 0 Å². The Labute approximate surface area is 88.2 Å². The van der Waals surface area contributed by atoms with Crippen molar-refractivity contribution in [2.24, 2.45) is 0 Å². The molecular formula is C9H16N2O4. The van der Waals surface area contributed by atoms with Crippen LogP contribution in [0.4, 0.5) is 0 Å². The molecule has 1 fully saturated rings. The van der Waals surface area contributed by atoms with Crippen LogP contribution in [-0.4, -0.2) is 61.3 Å². The molecular weight excluding hydrogens is 200 g/mol. The predicted octanol–water partition coefficient (Wildman–Crippen LogP) is -1.09. The third-order valence-electron chi connectivity index (χ3n) is 2.47. The number of esters is 1. The second-order valence-electron chi connectivity index (χ2n) is 3.42. The molecule has 1 heterocycles. The van der Waals surface area contributed by atoms with Crippen LogP contribution in [0.5, 0.6) is 0 Å². The van der Waals surface area contributed by atoms with E-state index in [9.17, 15) is 9.59 Å². The predicted molar refractivity (Wildman–Crippen MR) is 52.5 cm³/mol. The maximum atomic E-state index is 10.9. The number of carboxylic acid groups (broad SMARTS) is 1. The Hall–Kier alpha value is -1.14. The molecule has 1 aliphatic heterocycles. The van der Waals surface area contributed by atoms with Gasteiger partial charge in [0.1, 0.15) is 6.04 Å². The Morgan fingerprint density at radius 3 is 2.93 bits per heavy atom. The van der Waals surface area contributed by atoms with Gasteiger partial charge < -0.3 is 15.2 Å². The topological polar surface area (TPSA) is 78.9 Å². The molecule has 0 aromatic rings. The normalized spacial score (nSPS) is 22.3. The summed E-state index contributed by atoms with van der Waals surface area (Å²) in [5.41, 5.74) is 0. The summed E-state index contributed by atoms with van der Waals surface area (Å²) in [5, 5.41) is 11.9. The number of hydrogen-bond acceptors (Lipinski definition) is 5. The molecule has 1 rings (SSSR count). The molecule has 6 nitrogen and oxygen atoms in total. The van der Waals surface area contributed by atoms with Crippen LogP contribution in [0.2, 0.25) is 0 Å². The van der Waals surface area contributed by atoms with Crippen molar-refractivity contribution in [2.45, 2.75) is 12.5 Å². The molecule has 1 saturated heterocycles. The molecule has 1 aliphatic rings. The van der Waals surface area contributed by atoms with Gasteiger partial charge >= 0.3 is 11.9 Å². The fraction of sp³-hybridized carbons (Fsp3) is 0.778. The van der Waals surface area contributed by atoms with Crippen molar-refractivity contribution in [2.75, 3.05) is 33.3 Å². The van der Waals surface area contributed by atoms with E-state index in [2.05, 4.69) is 10.1 Å². The SMILES string of the molecule is COC(=O)CCN1CCNCC1C(=O)O. The van der Waals surface area contributed by atoms with Gasteiger partial charge in [0.2, 0.25) is 0 Å². The quantitative estimate of drug-likeness (QED) is 0.581. The van der Waals surface area contributed by atoms with E-state index in [-0.39, 0.29) is 12.4 Å². The first kappa shape index (κ1) is 11.9. The molecule has 0 bridgehead atoms. The number of hydrogen-bond donors (Lipinski definition) is 2. The van der Waals surface area contributed by atoms with Crippen molar-refractivity contribution in [3.8, 4) is 0 Å². The van der Waals surface area contributed by atoms with Crippen LogP contribution < -0.4 is 5.32 Å². The molecule has 1 atom stereocenters. The molecule has 1 unspecified atom stereocenters. The number of carbonyl (C=O) groups is 2. The minimum Gasteiger partial charge on any atom is -0.480 e. The molecule has 0 aromatic carbocycles. The first-order chi connectivity index (χ1) is 7.15. The minimum atomic E-state index is -0.855. The highest BCUT2D eigenvalue weighted by molar-refractivity contribution is 5.74. The summed E-state index contributed by atoms with van der Waals surface area (Å²) in [6.45, 7) is 2.26. The number of carboxylic acids is 1. The number of nitrogens with one attached hydrogen (secondary N) is 1. The van der Waals surface area contributed by atoms with Gasteiger partial charge in [-0.25, -0.2) is 0 Å². The van der Waals surface area contributed by atoms with Crippen LogP contribution in [-0.2, 0) is 14.3 Å². The molecule has 2 N–H and O–H groups in total. The van der Waals surface area contributed by atoms with E-state index in [0.717, 1.165) is 6.54 Å². The molecule has 0 aliphatic carbocycles. The lowest BCUT2D eigenvalue weighted by Gasteiger charge is -2.32. The molecule has 0 aromatic heterocycles. The van der Waals surface area contributed by atoms with E-state index in [1.807, 2.05) is 0 Å². The van der Waals surface area contributed by atoms with Crippen LogP contribution >= 0.6 is 0 Å². The van der Waals surface area contributed by atoms with Crippen LogP contribution in [0.25, 0.3) is 0 Å². The fourth-order valence-electron chi connectivity index (χ4n) is 1.59. The van der Waals surface area contributed by atoms with Gasteiger partial charge in [-0.2, -0.15) is 0 Å². The van der Waals surface area contributed by atoms with Crippen LogP contribution in [0.3, 0.4) is 0 Å². The van der Waals surface area contributed by atoms with E-state index in [4.69, 9.17) is 5.11 Å². The summed E-state index contributed by atoms with van der Waals surface area (Å²) in [7, 11) is 1.33. The van der Waals surface area contributed by atoms with Crippen molar-refractivity contribution in [1.29, 1.82) is 0 Å². The highest BCUT2D eigenvalue weighted by atomic mass is 16.5. The van der Waals surface area contributed by atoms with Crippen molar-refractivity contribution in [3.63, 3.8) is 0 Å². The van der Waals surface area contributed by atoms with Crippen LogP contribution in [0.15, 0.2) is 0 Å².